The Morgan fingerprint density at radius 3 is 2.27 bits per heavy atom. The summed E-state index contributed by atoms with van der Waals surface area (Å²) in [5.74, 6) is 2.11. The van der Waals surface area contributed by atoms with Gasteiger partial charge in [-0.05, 0) is 100 Å². The average Bonchev–Trinajstić information content (AvgIpc) is 3.59. The van der Waals surface area contributed by atoms with Gasteiger partial charge in [-0.3, -0.25) is 0 Å². The first-order valence-electron chi connectivity index (χ1n) is 18.3. The Morgan fingerprint density at radius 2 is 1.59 bits per heavy atom. The minimum absolute atomic E-state index is 0.209. The number of hydrogen-bond acceptors (Lipinski definition) is 8. The molecule has 3 atom stereocenters. The van der Waals surface area contributed by atoms with Gasteiger partial charge in [-0.25, -0.2) is 9.97 Å². The van der Waals surface area contributed by atoms with Crippen LogP contribution in [0, 0.1) is 27.7 Å². The molecule has 2 bridgehead atoms. The van der Waals surface area contributed by atoms with Gasteiger partial charge in [0.2, 0.25) is 0 Å². The van der Waals surface area contributed by atoms with Crippen LogP contribution in [0.15, 0.2) is 59.5 Å². The SMILES string of the molecule is COC1C[C@H]2CC[C@@H](C1)N2c1nc(-c2c(C)ccc3c2c(C)nn3S(=O)(=O)c2ccc(C)cc2)nc2c1CN(c1cc(C(C)C)ccc1C)CC2. The molecule has 2 aromatic heterocycles. The van der Waals surface area contributed by atoms with Crippen molar-refractivity contribution in [3.05, 3.63) is 93.8 Å². The van der Waals surface area contributed by atoms with Gasteiger partial charge in [0.25, 0.3) is 10.0 Å². The Kier molecular flexibility index (Phi) is 8.45. The lowest BCUT2D eigenvalue weighted by atomic mass is 9.95. The fourth-order valence-electron chi connectivity index (χ4n) is 8.66. The van der Waals surface area contributed by atoms with Crippen molar-refractivity contribution in [3.63, 3.8) is 0 Å². The van der Waals surface area contributed by atoms with E-state index in [1.807, 2.05) is 45.2 Å². The molecule has 8 rings (SSSR count). The van der Waals surface area contributed by atoms with E-state index >= 15 is 0 Å². The van der Waals surface area contributed by atoms with Crippen LogP contribution in [0.4, 0.5) is 11.5 Å². The van der Waals surface area contributed by atoms with Crippen LogP contribution in [0.3, 0.4) is 0 Å². The highest BCUT2D eigenvalue weighted by Crippen LogP contribution is 2.44. The van der Waals surface area contributed by atoms with E-state index in [2.05, 4.69) is 60.8 Å². The van der Waals surface area contributed by atoms with Crippen LogP contribution in [0.2, 0.25) is 0 Å². The average molecular weight is 705 g/mol. The van der Waals surface area contributed by atoms with Crippen LogP contribution in [0.1, 0.15) is 84.7 Å². The van der Waals surface area contributed by atoms with Crippen LogP contribution < -0.4 is 9.80 Å². The van der Waals surface area contributed by atoms with Crippen LogP contribution in [0.5, 0.6) is 0 Å². The molecule has 9 nitrogen and oxygen atoms in total. The topological polar surface area (TPSA) is 93.4 Å². The fourth-order valence-corrected chi connectivity index (χ4v) is 9.98. The van der Waals surface area contributed by atoms with Gasteiger partial charge in [-0.2, -0.15) is 17.6 Å². The molecule has 5 aromatic rings. The molecule has 0 aliphatic carbocycles. The highest BCUT2D eigenvalue weighted by molar-refractivity contribution is 7.90. The molecular formula is C41H48N6O3S. The summed E-state index contributed by atoms with van der Waals surface area (Å²) in [6.45, 7) is 14.2. The van der Waals surface area contributed by atoms with Crippen molar-refractivity contribution in [2.24, 2.45) is 0 Å². The van der Waals surface area contributed by atoms with Gasteiger partial charge in [-0.1, -0.05) is 49.7 Å². The second-order valence-corrected chi connectivity index (χ2v) is 17.0. The second-order valence-electron chi connectivity index (χ2n) is 15.2. The Morgan fingerprint density at radius 1 is 0.882 bits per heavy atom. The van der Waals surface area contributed by atoms with E-state index in [1.54, 1.807) is 12.1 Å². The Labute approximate surface area is 301 Å². The van der Waals surface area contributed by atoms with Crippen molar-refractivity contribution < 1.29 is 13.2 Å². The summed E-state index contributed by atoms with van der Waals surface area (Å²) in [6, 6.07) is 18.3. The molecule has 51 heavy (non-hydrogen) atoms. The molecule has 2 fully saturated rings. The third-order valence-electron chi connectivity index (χ3n) is 11.5. The molecule has 2 saturated heterocycles. The number of nitrogens with zero attached hydrogens (tertiary/aromatic N) is 6. The van der Waals surface area contributed by atoms with E-state index in [-0.39, 0.29) is 11.0 Å². The zero-order chi connectivity index (χ0) is 35.8. The van der Waals surface area contributed by atoms with Crippen molar-refractivity contribution in [3.8, 4) is 11.4 Å². The van der Waals surface area contributed by atoms with Crippen molar-refractivity contribution in [2.75, 3.05) is 23.5 Å². The number of aromatic nitrogens is 4. The Bertz CT molecular complexity index is 2250. The van der Waals surface area contributed by atoms with E-state index in [4.69, 9.17) is 14.7 Å². The molecular weight excluding hydrogens is 657 g/mol. The molecule has 3 aliphatic heterocycles. The summed E-state index contributed by atoms with van der Waals surface area (Å²) in [5.41, 5.74) is 10.2. The zero-order valence-electron chi connectivity index (χ0n) is 30.8. The van der Waals surface area contributed by atoms with Gasteiger partial charge in [0.05, 0.1) is 27.9 Å². The van der Waals surface area contributed by atoms with Crippen molar-refractivity contribution in [1.82, 2.24) is 19.2 Å². The number of hydrogen-bond donors (Lipinski definition) is 0. The molecule has 3 aliphatic rings. The van der Waals surface area contributed by atoms with E-state index in [9.17, 15) is 8.42 Å². The number of aryl methyl sites for hydroxylation is 4. The number of anilines is 2. The third kappa shape index (κ3) is 5.71. The van der Waals surface area contributed by atoms with Crippen LogP contribution >= 0.6 is 0 Å². The number of rotatable bonds is 7. The predicted molar refractivity (Wildman–Crippen MR) is 203 cm³/mol. The summed E-state index contributed by atoms with van der Waals surface area (Å²) < 4.78 is 35.0. The summed E-state index contributed by atoms with van der Waals surface area (Å²) in [5, 5.41) is 5.43. The lowest BCUT2D eigenvalue weighted by molar-refractivity contribution is 0.0681. The van der Waals surface area contributed by atoms with Gasteiger partial charge >= 0.3 is 0 Å². The molecule has 3 aromatic carbocycles. The zero-order valence-corrected chi connectivity index (χ0v) is 31.6. The number of benzene rings is 3. The van der Waals surface area contributed by atoms with Gasteiger partial charge in [-0.15, -0.1) is 0 Å². The third-order valence-corrected chi connectivity index (χ3v) is 13.1. The molecule has 5 heterocycles. The Balaban J connectivity index is 1.29. The summed E-state index contributed by atoms with van der Waals surface area (Å²) >= 11 is 0. The predicted octanol–water partition coefficient (Wildman–Crippen LogP) is 7.80. The largest absolute Gasteiger partial charge is 0.381 e. The van der Waals surface area contributed by atoms with Gasteiger partial charge in [0, 0.05) is 60.9 Å². The number of piperidine rings is 1. The number of fused-ring (bicyclic) bond motifs is 4. The van der Waals surface area contributed by atoms with Crippen LogP contribution in [-0.2, 0) is 27.7 Å². The van der Waals surface area contributed by atoms with E-state index in [1.165, 1.54) is 26.5 Å². The standard InChI is InChI=1S/C41H48N6O3S/c1-24(2)29-12-10-26(4)37(20-29)45-19-18-35-34(23-45)41(46-30-13-14-31(46)22-32(21-30)50-7)43-40(42-35)38-27(5)11-17-36-39(38)28(6)44-47(36)51(48,49)33-15-8-25(3)9-16-33/h8-12,15-17,20,24,30-32H,13-14,18-19,21-23H2,1-7H3/t30-,31+,32?. The molecule has 266 valence electrons. The normalized spacial score (nSPS) is 20.4. The van der Waals surface area contributed by atoms with Crippen molar-refractivity contribution >= 4 is 32.4 Å². The van der Waals surface area contributed by atoms with E-state index < -0.39 is 10.0 Å². The quantitative estimate of drug-likeness (QED) is 0.170. The maximum absolute atomic E-state index is 14.0. The van der Waals surface area contributed by atoms with Gasteiger partial charge in [0.1, 0.15) is 5.82 Å². The highest BCUT2D eigenvalue weighted by Gasteiger charge is 2.43. The number of ether oxygens (including phenoxy) is 1. The monoisotopic (exact) mass is 704 g/mol. The lowest BCUT2D eigenvalue weighted by Crippen LogP contribution is -2.47. The molecule has 0 spiro atoms. The van der Waals surface area contributed by atoms with Crippen molar-refractivity contribution in [1.29, 1.82) is 0 Å². The molecule has 0 N–H and O–H groups in total. The molecule has 1 unspecified atom stereocenters. The lowest BCUT2D eigenvalue weighted by Gasteiger charge is -2.42. The maximum Gasteiger partial charge on any atom is 0.283 e. The molecule has 0 radical (unpaired) electrons. The minimum atomic E-state index is -3.93. The van der Waals surface area contributed by atoms with Crippen molar-refractivity contribution in [2.45, 2.75) is 109 Å². The summed E-state index contributed by atoms with van der Waals surface area (Å²) in [6.07, 6.45) is 5.26. The molecule has 0 saturated carbocycles. The van der Waals surface area contributed by atoms with Gasteiger partial charge in [0.15, 0.2) is 5.82 Å². The van der Waals surface area contributed by atoms with Gasteiger partial charge < -0.3 is 14.5 Å². The van der Waals surface area contributed by atoms with Crippen LogP contribution in [0.25, 0.3) is 22.3 Å². The first-order valence-corrected chi connectivity index (χ1v) is 19.8. The summed E-state index contributed by atoms with van der Waals surface area (Å²) in [4.78, 5) is 16.2. The molecule has 0 amide bonds. The minimum Gasteiger partial charge on any atom is -0.381 e. The smallest absolute Gasteiger partial charge is 0.283 e. The summed E-state index contributed by atoms with van der Waals surface area (Å²) in [7, 11) is -2.10. The number of methoxy groups -OCH3 is 1. The van der Waals surface area contributed by atoms with Crippen LogP contribution in [-0.4, -0.2) is 59.4 Å². The van der Waals surface area contributed by atoms with E-state index in [0.717, 1.165) is 78.8 Å². The molecule has 10 heteroatoms. The Hall–Kier alpha value is -4.28. The first-order chi connectivity index (χ1) is 24.4. The maximum atomic E-state index is 14.0. The second kappa shape index (κ2) is 12.7. The highest BCUT2D eigenvalue weighted by atomic mass is 32.2. The first kappa shape index (κ1) is 33.8. The fraction of sp³-hybridized carbons (Fsp3) is 0.439. The van der Waals surface area contributed by atoms with E-state index in [0.29, 0.717) is 35.0 Å².